The normalized spacial score (nSPS) is 10.4. The van der Waals surface area contributed by atoms with E-state index in [1.165, 1.54) is 28.4 Å². The van der Waals surface area contributed by atoms with Crippen molar-refractivity contribution in [2.24, 2.45) is 0 Å². The van der Waals surface area contributed by atoms with Gasteiger partial charge in [0.2, 0.25) is 5.91 Å². The number of carbonyl (C=O) groups is 2. The largest absolute Gasteiger partial charge is 0.350 e. The van der Waals surface area contributed by atoms with E-state index < -0.39 is 0 Å². The minimum absolute atomic E-state index is 0.0682. The van der Waals surface area contributed by atoms with Crippen molar-refractivity contribution in [3.05, 3.63) is 54.8 Å². The fourth-order valence-electron chi connectivity index (χ4n) is 1.83. The van der Waals surface area contributed by atoms with Gasteiger partial charge < -0.3 is 10.2 Å². The van der Waals surface area contributed by atoms with Crippen molar-refractivity contribution in [3.8, 4) is 0 Å². The predicted octanol–water partition coefficient (Wildman–Crippen LogP) is 3.80. The molecule has 1 aromatic carbocycles. The van der Waals surface area contributed by atoms with E-state index in [1.54, 1.807) is 25.2 Å². The number of amides is 2. The molecule has 1 N–H and O–H groups in total. The summed E-state index contributed by atoms with van der Waals surface area (Å²) in [4.78, 5) is 26.0. The van der Waals surface area contributed by atoms with Crippen LogP contribution in [0.15, 0.2) is 38.6 Å². The molecule has 1 heterocycles. The summed E-state index contributed by atoms with van der Waals surface area (Å²) in [6.07, 6.45) is 0. The highest BCUT2D eigenvalue weighted by atomic mass is 79.9. The summed E-state index contributed by atoms with van der Waals surface area (Å²) in [5, 5.41) is 2.67. The fraction of sp³-hybridized carbons (Fsp3) is 0.200. The topological polar surface area (TPSA) is 49.4 Å². The van der Waals surface area contributed by atoms with Crippen LogP contribution in [0.2, 0.25) is 0 Å². The third-order valence-electron chi connectivity index (χ3n) is 3.00. The quantitative estimate of drug-likeness (QED) is 0.733. The number of hydrogen-bond acceptors (Lipinski definition) is 3. The first-order valence-corrected chi connectivity index (χ1v) is 8.98. The molecule has 122 valence electrons. The van der Waals surface area contributed by atoms with Gasteiger partial charge in [0.05, 0.1) is 15.2 Å². The SMILES string of the molecule is CN(CC(=O)NCc1cc(F)ccc1Br)C(=O)c1ccc(Br)s1. The van der Waals surface area contributed by atoms with Gasteiger partial charge in [0, 0.05) is 18.1 Å². The third kappa shape index (κ3) is 5.12. The highest BCUT2D eigenvalue weighted by Gasteiger charge is 2.16. The average molecular weight is 464 g/mol. The second-order valence-electron chi connectivity index (χ2n) is 4.78. The standard InChI is InChI=1S/C15H13Br2FN2O2S/c1-20(15(22)12-4-5-13(17)23-12)8-14(21)19-7-9-6-10(18)2-3-11(9)16/h2-6H,7-8H2,1H3,(H,19,21). The second kappa shape index (κ2) is 8.03. The third-order valence-corrected chi connectivity index (χ3v) is 5.38. The Morgan fingerprint density at radius 1 is 1.26 bits per heavy atom. The number of likely N-dealkylation sites (N-methyl/N-ethyl adjacent to an activating group) is 1. The van der Waals surface area contributed by atoms with Crippen LogP contribution in [-0.2, 0) is 11.3 Å². The average Bonchev–Trinajstić information content (AvgIpc) is 2.93. The molecule has 23 heavy (non-hydrogen) atoms. The van der Waals surface area contributed by atoms with Crippen molar-refractivity contribution in [2.45, 2.75) is 6.54 Å². The second-order valence-corrected chi connectivity index (χ2v) is 8.09. The van der Waals surface area contributed by atoms with Crippen molar-refractivity contribution in [2.75, 3.05) is 13.6 Å². The molecular weight excluding hydrogens is 451 g/mol. The predicted molar refractivity (Wildman–Crippen MR) is 94.9 cm³/mol. The van der Waals surface area contributed by atoms with Crippen molar-refractivity contribution < 1.29 is 14.0 Å². The summed E-state index contributed by atoms with van der Waals surface area (Å²) in [5.41, 5.74) is 0.634. The molecule has 0 aliphatic carbocycles. The van der Waals surface area contributed by atoms with Crippen LogP contribution in [-0.4, -0.2) is 30.3 Å². The van der Waals surface area contributed by atoms with Gasteiger partial charge in [0.1, 0.15) is 5.82 Å². The fourth-order valence-corrected chi connectivity index (χ4v) is 3.60. The molecular formula is C15H13Br2FN2O2S. The van der Waals surface area contributed by atoms with E-state index in [9.17, 15) is 14.0 Å². The molecule has 0 fully saturated rings. The number of benzene rings is 1. The first-order chi connectivity index (χ1) is 10.9. The molecule has 2 aromatic rings. The van der Waals surface area contributed by atoms with Crippen LogP contribution in [0.5, 0.6) is 0 Å². The molecule has 2 rings (SSSR count). The van der Waals surface area contributed by atoms with Gasteiger partial charge in [-0.15, -0.1) is 11.3 Å². The number of thiophene rings is 1. The van der Waals surface area contributed by atoms with E-state index in [0.717, 1.165) is 3.79 Å². The van der Waals surface area contributed by atoms with E-state index in [4.69, 9.17) is 0 Å². The smallest absolute Gasteiger partial charge is 0.264 e. The lowest BCUT2D eigenvalue weighted by Gasteiger charge is -2.16. The minimum Gasteiger partial charge on any atom is -0.350 e. The van der Waals surface area contributed by atoms with E-state index in [1.807, 2.05) is 0 Å². The van der Waals surface area contributed by atoms with Gasteiger partial charge in [0.15, 0.2) is 0 Å². The Kier molecular flexibility index (Phi) is 6.32. The van der Waals surface area contributed by atoms with Crippen molar-refractivity contribution in [1.29, 1.82) is 0 Å². The van der Waals surface area contributed by atoms with Gasteiger partial charge in [-0.1, -0.05) is 15.9 Å². The van der Waals surface area contributed by atoms with E-state index in [0.29, 0.717) is 14.9 Å². The van der Waals surface area contributed by atoms with E-state index in [2.05, 4.69) is 37.2 Å². The van der Waals surface area contributed by atoms with Gasteiger partial charge >= 0.3 is 0 Å². The molecule has 0 bridgehead atoms. The minimum atomic E-state index is -0.368. The molecule has 0 aliphatic heterocycles. The Bertz CT molecular complexity index is 736. The Hall–Kier alpha value is -1.25. The Morgan fingerprint density at radius 2 is 2.00 bits per heavy atom. The number of nitrogens with one attached hydrogen (secondary N) is 1. The lowest BCUT2D eigenvalue weighted by atomic mass is 10.2. The maximum atomic E-state index is 13.2. The number of rotatable bonds is 5. The number of hydrogen-bond donors (Lipinski definition) is 1. The van der Waals surface area contributed by atoms with Crippen LogP contribution >= 0.6 is 43.2 Å². The zero-order valence-corrected chi connectivity index (χ0v) is 16.1. The summed E-state index contributed by atoms with van der Waals surface area (Å²) in [7, 11) is 1.56. The van der Waals surface area contributed by atoms with Gasteiger partial charge in [-0.25, -0.2) is 4.39 Å². The molecule has 0 saturated heterocycles. The van der Waals surface area contributed by atoms with Gasteiger partial charge in [-0.05, 0) is 51.8 Å². The van der Waals surface area contributed by atoms with Crippen LogP contribution in [0.25, 0.3) is 0 Å². The molecule has 0 saturated carbocycles. The molecule has 1 aromatic heterocycles. The highest BCUT2D eigenvalue weighted by molar-refractivity contribution is 9.11. The molecule has 0 radical (unpaired) electrons. The van der Waals surface area contributed by atoms with E-state index in [-0.39, 0.29) is 30.7 Å². The van der Waals surface area contributed by atoms with Gasteiger partial charge in [-0.2, -0.15) is 0 Å². The van der Waals surface area contributed by atoms with Gasteiger partial charge in [-0.3, -0.25) is 9.59 Å². The number of nitrogens with zero attached hydrogens (tertiary/aromatic N) is 1. The summed E-state index contributed by atoms with van der Waals surface area (Å²) in [5.74, 6) is -0.900. The van der Waals surface area contributed by atoms with Crippen molar-refractivity contribution in [3.63, 3.8) is 0 Å². The summed E-state index contributed by atoms with van der Waals surface area (Å²) in [6.45, 7) is 0.116. The molecule has 0 aliphatic rings. The summed E-state index contributed by atoms with van der Waals surface area (Å²) >= 11 is 7.91. The zero-order chi connectivity index (χ0) is 17.0. The molecule has 8 heteroatoms. The van der Waals surface area contributed by atoms with Crippen LogP contribution in [0.3, 0.4) is 0 Å². The van der Waals surface area contributed by atoms with Crippen LogP contribution in [0.4, 0.5) is 4.39 Å². The van der Waals surface area contributed by atoms with Crippen LogP contribution in [0.1, 0.15) is 15.2 Å². The molecule has 0 spiro atoms. The monoisotopic (exact) mass is 462 g/mol. The van der Waals surface area contributed by atoms with Crippen molar-refractivity contribution >= 4 is 55.0 Å². The highest BCUT2D eigenvalue weighted by Crippen LogP contribution is 2.23. The lowest BCUT2D eigenvalue weighted by Crippen LogP contribution is -2.37. The Labute approximate surface area is 153 Å². The summed E-state index contributed by atoms with van der Waals surface area (Å²) < 4.78 is 14.8. The maximum absolute atomic E-state index is 13.2. The van der Waals surface area contributed by atoms with Crippen LogP contribution < -0.4 is 5.32 Å². The zero-order valence-electron chi connectivity index (χ0n) is 12.1. The van der Waals surface area contributed by atoms with Crippen LogP contribution in [0, 0.1) is 5.82 Å². The number of carbonyl (C=O) groups excluding carboxylic acids is 2. The Balaban J connectivity index is 1.89. The maximum Gasteiger partial charge on any atom is 0.264 e. The molecule has 0 atom stereocenters. The molecule has 2 amide bonds. The van der Waals surface area contributed by atoms with Gasteiger partial charge in [0.25, 0.3) is 5.91 Å². The lowest BCUT2D eigenvalue weighted by molar-refractivity contribution is -0.121. The molecule has 0 unspecified atom stereocenters. The summed E-state index contributed by atoms with van der Waals surface area (Å²) in [6, 6.07) is 7.76. The Morgan fingerprint density at radius 3 is 2.65 bits per heavy atom. The first-order valence-electron chi connectivity index (χ1n) is 6.58. The number of halogens is 3. The molecule has 4 nitrogen and oxygen atoms in total. The van der Waals surface area contributed by atoms with Crippen molar-refractivity contribution in [1.82, 2.24) is 10.2 Å². The van der Waals surface area contributed by atoms with E-state index >= 15 is 0 Å². The first kappa shape index (κ1) is 18.1.